The molecule has 1 aliphatic rings. The summed E-state index contributed by atoms with van der Waals surface area (Å²) < 4.78 is 36.1. The highest BCUT2D eigenvalue weighted by Crippen LogP contribution is 2.24. The number of ether oxygens (including phenoxy) is 2. The third-order valence-corrected chi connectivity index (χ3v) is 7.22. The first-order chi connectivity index (χ1) is 16.1. The maximum atomic E-state index is 12.6. The minimum atomic E-state index is -4.00. The fraction of sp³-hybridized carbons (Fsp3) is 0.364. The maximum absolute atomic E-state index is 12.6. The van der Waals surface area contributed by atoms with E-state index in [1.807, 2.05) is 12.1 Å². The molecule has 10 nitrogen and oxygen atoms in total. The number of morpholine rings is 1. The van der Waals surface area contributed by atoms with Gasteiger partial charge in [-0.05, 0) is 49.4 Å². The largest absolute Gasteiger partial charge is 0.449 e. The molecule has 34 heavy (non-hydrogen) atoms. The lowest BCUT2D eigenvalue weighted by molar-refractivity contribution is -0.123. The van der Waals surface area contributed by atoms with Crippen LogP contribution in [-0.4, -0.2) is 71.3 Å². The fourth-order valence-corrected chi connectivity index (χ4v) is 4.36. The van der Waals surface area contributed by atoms with E-state index < -0.39 is 28.0 Å². The van der Waals surface area contributed by atoms with Crippen LogP contribution in [0.25, 0.3) is 0 Å². The number of hydrogen-bond donors (Lipinski definition) is 1. The summed E-state index contributed by atoms with van der Waals surface area (Å²) in [5, 5.41) is 2.67. The molecule has 3 rings (SSSR count). The average Bonchev–Trinajstić information content (AvgIpc) is 2.84. The second kappa shape index (κ2) is 11.2. The van der Waals surface area contributed by atoms with Gasteiger partial charge in [0.15, 0.2) is 6.10 Å². The van der Waals surface area contributed by atoms with Gasteiger partial charge in [0.25, 0.3) is 15.9 Å². The van der Waals surface area contributed by atoms with Gasteiger partial charge in [0, 0.05) is 31.5 Å². The molecule has 0 aromatic heterocycles. The minimum absolute atomic E-state index is 0.0182. The molecular formula is C22H26ClN3O7S. The number of amides is 1. The van der Waals surface area contributed by atoms with E-state index in [1.54, 1.807) is 12.1 Å². The highest BCUT2D eigenvalue weighted by Gasteiger charge is 2.26. The Kier molecular flexibility index (Phi) is 8.50. The van der Waals surface area contributed by atoms with E-state index in [-0.39, 0.29) is 15.5 Å². The van der Waals surface area contributed by atoms with E-state index in [1.165, 1.54) is 33.2 Å². The zero-order valence-corrected chi connectivity index (χ0v) is 20.6. The molecule has 0 bridgehead atoms. The molecule has 1 atom stereocenters. The molecule has 2 aromatic carbocycles. The first-order valence-corrected chi connectivity index (χ1v) is 12.2. The molecule has 2 aromatic rings. The smallest absolute Gasteiger partial charge is 0.340 e. The number of hydroxylamine groups is 1. The Labute approximate surface area is 203 Å². The number of sulfonamides is 1. The molecule has 184 valence electrons. The molecule has 0 saturated carbocycles. The molecule has 0 unspecified atom stereocenters. The Bertz CT molecular complexity index is 1140. The number of anilines is 2. The molecule has 1 aliphatic heterocycles. The zero-order valence-electron chi connectivity index (χ0n) is 19.0. The molecule has 1 heterocycles. The molecule has 0 spiro atoms. The molecule has 1 N–H and O–H groups in total. The summed E-state index contributed by atoms with van der Waals surface area (Å²) in [5.74, 6) is -1.49. The van der Waals surface area contributed by atoms with Gasteiger partial charge < -0.3 is 19.7 Å². The van der Waals surface area contributed by atoms with Crippen molar-refractivity contribution in [3.05, 3.63) is 53.1 Å². The van der Waals surface area contributed by atoms with Crippen molar-refractivity contribution in [3.63, 3.8) is 0 Å². The van der Waals surface area contributed by atoms with E-state index in [0.29, 0.717) is 23.4 Å². The number of rotatable bonds is 8. The van der Waals surface area contributed by atoms with Crippen molar-refractivity contribution in [1.29, 1.82) is 0 Å². The van der Waals surface area contributed by atoms with Crippen LogP contribution >= 0.6 is 11.6 Å². The van der Waals surface area contributed by atoms with Crippen molar-refractivity contribution in [2.75, 3.05) is 50.7 Å². The van der Waals surface area contributed by atoms with Gasteiger partial charge in [0.2, 0.25) is 0 Å². The highest BCUT2D eigenvalue weighted by molar-refractivity contribution is 7.89. The summed E-state index contributed by atoms with van der Waals surface area (Å²) in [7, 11) is -1.60. The van der Waals surface area contributed by atoms with Gasteiger partial charge >= 0.3 is 5.97 Å². The highest BCUT2D eigenvalue weighted by atomic mass is 35.5. The van der Waals surface area contributed by atoms with Crippen LogP contribution < -0.4 is 10.2 Å². The Hall–Kier alpha value is -2.70. The van der Waals surface area contributed by atoms with Crippen molar-refractivity contribution in [3.8, 4) is 0 Å². The first-order valence-electron chi connectivity index (χ1n) is 10.4. The summed E-state index contributed by atoms with van der Waals surface area (Å²) in [4.78, 5) is 31.9. The van der Waals surface area contributed by atoms with E-state index in [2.05, 4.69) is 10.2 Å². The third-order valence-electron chi connectivity index (χ3n) is 5.22. The fourth-order valence-electron chi connectivity index (χ4n) is 3.17. The van der Waals surface area contributed by atoms with Crippen LogP contribution in [0.4, 0.5) is 11.4 Å². The van der Waals surface area contributed by atoms with E-state index in [0.717, 1.165) is 24.8 Å². The molecule has 1 amide bonds. The monoisotopic (exact) mass is 511 g/mol. The third kappa shape index (κ3) is 6.05. The number of hydrogen-bond acceptors (Lipinski definition) is 8. The topological polar surface area (TPSA) is 114 Å². The summed E-state index contributed by atoms with van der Waals surface area (Å²) in [6.07, 6.45) is -1.16. The lowest BCUT2D eigenvalue weighted by Gasteiger charge is -2.28. The molecule has 0 radical (unpaired) electrons. The number of carbonyl (C=O) groups excluding carboxylic acids is 2. The van der Waals surface area contributed by atoms with Gasteiger partial charge in [0.05, 0.1) is 35.8 Å². The van der Waals surface area contributed by atoms with Crippen molar-refractivity contribution < 1.29 is 32.3 Å². The van der Waals surface area contributed by atoms with Crippen LogP contribution in [0.15, 0.2) is 47.4 Å². The number of nitrogens with one attached hydrogen (secondary N) is 1. The lowest BCUT2D eigenvalue weighted by Crippen LogP contribution is -2.36. The van der Waals surface area contributed by atoms with Gasteiger partial charge in [-0.1, -0.05) is 16.1 Å². The molecule has 1 fully saturated rings. The second-order valence-electron chi connectivity index (χ2n) is 7.42. The summed E-state index contributed by atoms with van der Waals surface area (Å²) in [5.41, 5.74) is 1.37. The van der Waals surface area contributed by atoms with Crippen molar-refractivity contribution in [2.24, 2.45) is 0 Å². The maximum Gasteiger partial charge on any atom is 0.340 e. The van der Waals surface area contributed by atoms with Crippen molar-refractivity contribution in [1.82, 2.24) is 4.47 Å². The predicted molar refractivity (Wildman–Crippen MR) is 126 cm³/mol. The average molecular weight is 512 g/mol. The summed E-state index contributed by atoms with van der Waals surface area (Å²) >= 11 is 6.07. The Morgan fingerprint density at radius 1 is 1.15 bits per heavy atom. The molecule has 12 heteroatoms. The number of nitrogens with zero attached hydrogens (tertiary/aromatic N) is 2. The van der Waals surface area contributed by atoms with Gasteiger partial charge in [-0.15, -0.1) is 0 Å². The van der Waals surface area contributed by atoms with E-state index in [4.69, 9.17) is 25.9 Å². The van der Waals surface area contributed by atoms with Crippen LogP contribution in [0.5, 0.6) is 0 Å². The molecular weight excluding hydrogens is 486 g/mol. The lowest BCUT2D eigenvalue weighted by atomic mass is 10.2. The Morgan fingerprint density at radius 2 is 1.79 bits per heavy atom. The van der Waals surface area contributed by atoms with Gasteiger partial charge in [-0.2, -0.15) is 0 Å². The van der Waals surface area contributed by atoms with Crippen LogP contribution in [0, 0.1) is 0 Å². The van der Waals surface area contributed by atoms with Crippen LogP contribution in [0.1, 0.15) is 17.3 Å². The number of halogens is 1. The number of esters is 1. The summed E-state index contributed by atoms with van der Waals surface area (Å²) in [6, 6.07) is 10.9. The Morgan fingerprint density at radius 3 is 2.41 bits per heavy atom. The van der Waals surface area contributed by atoms with Crippen LogP contribution in [0.2, 0.25) is 5.02 Å². The number of carbonyl (C=O) groups is 2. The van der Waals surface area contributed by atoms with Crippen molar-refractivity contribution in [2.45, 2.75) is 17.9 Å². The zero-order chi connectivity index (χ0) is 24.9. The standard InChI is InChI=1S/C22H26ClN3O7S/c1-15(21(27)24-16-4-6-17(7-5-16)26-10-12-32-13-11-26)33-22(28)19-14-18(8-9-20(19)23)34(29,30)25(2)31-3/h4-9,14-15H,10-13H2,1-3H3,(H,24,27)/t15-/m1/s1. The van der Waals surface area contributed by atoms with Crippen LogP contribution in [0.3, 0.4) is 0 Å². The van der Waals surface area contributed by atoms with Crippen molar-refractivity contribution >= 4 is 44.9 Å². The predicted octanol–water partition coefficient (Wildman–Crippen LogP) is 2.54. The molecule has 0 aliphatic carbocycles. The minimum Gasteiger partial charge on any atom is -0.449 e. The molecule has 1 saturated heterocycles. The van der Waals surface area contributed by atoms with Gasteiger partial charge in [0.1, 0.15) is 0 Å². The Balaban J connectivity index is 1.65. The quantitative estimate of drug-likeness (QED) is 0.425. The van der Waals surface area contributed by atoms with E-state index >= 15 is 0 Å². The second-order valence-corrected chi connectivity index (χ2v) is 9.77. The van der Waals surface area contributed by atoms with Gasteiger partial charge in [-0.3, -0.25) is 9.63 Å². The normalized spacial score (nSPS) is 15.1. The van der Waals surface area contributed by atoms with Gasteiger partial charge in [-0.25, -0.2) is 13.2 Å². The van der Waals surface area contributed by atoms with Crippen LogP contribution in [-0.2, 0) is 29.1 Å². The van der Waals surface area contributed by atoms with E-state index in [9.17, 15) is 18.0 Å². The first kappa shape index (κ1) is 25.9. The number of benzene rings is 2. The SMILES string of the molecule is CON(C)S(=O)(=O)c1ccc(Cl)c(C(=O)O[C@H](C)C(=O)Nc2ccc(N3CCOCC3)cc2)c1. The summed E-state index contributed by atoms with van der Waals surface area (Å²) in [6.45, 7) is 4.34.